The molecule has 2 aliphatic rings. The van der Waals surface area contributed by atoms with Crippen LogP contribution in [0.1, 0.15) is 48.9 Å². The van der Waals surface area contributed by atoms with Crippen LogP contribution >= 0.6 is 0 Å². The van der Waals surface area contributed by atoms with Gasteiger partial charge in [-0.1, -0.05) is 17.2 Å². The van der Waals surface area contributed by atoms with Gasteiger partial charge in [0.15, 0.2) is 11.5 Å². The first kappa shape index (κ1) is 18.2. The van der Waals surface area contributed by atoms with Crippen molar-refractivity contribution in [3.63, 3.8) is 0 Å². The summed E-state index contributed by atoms with van der Waals surface area (Å²) >= 11 is 0. The summed E-state index contributed by atoms with van der Waals surface area (Å²) in [6, 6.07) is 9.19. The molecule has 2 aromatic carbocycles. The van der Waals surface area contributed by atoms with Crippen molar-refractivity contribution in [1.29, 1.82) is 0 Å². The topological polar surface area (TPSA) is 81.5 Å². The summed E-state index contributed by atoms with van der Waals surface area (Å²) in [5, 5.41) is 4.57. The minimum atomic E-state index is -0.996. The van der Waals surface area contributed by atoms with Crippen LogP contribution in [0.15, 0.2) is 42.5 Å². The Bertz CT molecular complexity index is 1220. The summed E-state index contributed by atoms with van der Waals surface area (Å²) in [6.07, 6.45) is 1.76. The second kappa shape index (κ2) is 6.58. The molecule has 0 saturated heterocycles. The molecule has 2 heterocycles. The molecule has 30 heavy (non-hydrogen) atoms. The van der Waals surface area contributed by atoms with Gasteiger partial charge >= 0.3 is 5.97 Å². The highest BCUT2D eigenvalue weighted by Gasteiger charge is 2.40. The van der Waals surface area contributed by atoms with Gasteiger partial charge in [0.2, 0.25) is 0 Å². The third kappa shape index (κ3) is 2.62. The zero-order valence-electron chi connectivity index (χ0n) is 15.4. The van der Waals surface area contributed by atoms with E-state index < -0.39 is 29.4 Å². The lowest BCUT2D eigenvalue weighted by molar-refractivity contribution is -0.0589. The highest BCUT2D eigenvalue weighted by atomic mass is 19.1. The number of benzene rings is 2. The fourth-order valence-electron chi connectivity index (χ4n) is 3.83. The maximum Gasteiger partial charge on any atom is 0.384 e. The molecule has 1 aliphatic heterocycles. The molecular formula is C21H13F2N3O4. The Balaban J connectivity index is 1.49. The van der Waals surface area contributed by atoms with E-state index >= 15 is 0 Å². The molecule has 2 amide bonds. The number of carbonyl (C=O) groups excluding carboxylic acids is 3. The lowest BCUT2D eigenvalue weighted by atomic mass is 10.1. The number of imide groups is 1. The molecule has 0 N–H and O–H groups in total. The number of rotatable bonds is 3. The number of carbonyl (C=O) groups is 3. The predicted molar refractivity (Wildman–Crippen MR) is 97.9 cm³/mol. The minimum Gasteiger partial charge on any atom is -0.322 e. The van der Waals surface area contributed by atoms with E-state index in [0.717, 1.165) is 12.1 Å². The number of aromatic nitrogens is 2. The first-order chi connectivity index (χ1) is 14.5. The van der Waals surface area contributed by atoms with Gasteiger partial charge in [0, 0.05) is 17.3 Å². The summed E-state index contributed by atoms with van der Waals surface area (Å²) in [4.78, 5) is 42.7. The molecule has 150 valence electrons. The Hall–Kier alpha value is -3.88. The first-order valence-electron chi connectivity index (χ1n) is 9.22. The fourth-order valence-corrected chi connectivity index (χ4v) is 3.83. The van der Waals surface area contributed by atoms with E-state index in [2.05, 4.69) is 5.10 Å². The lowest BCUT2D eigenvalue weighted by Crippen LogP contribution is -2.33. The van der Waals surface area contributed by atoms with Gasteiger partial charge in [0.05, 0.1) is 11.1 Å². The average molecular weight is 409 g/mol. The summed E-state index contributed by atoms with van der Waals surface area (Å²) in [6.45, 7) is 0. The van der Waals surface area contributed by atoms with E-state index in [9.17, 15) is 23.2 Å². The number of fused-ring (bicyclic) bond motifs is 2. The maximum atomic E-state index is 14.3. The molecule has 1 aliphatic carbocycles. The van der Waals surface area contributed by atoms with Crippen LogP contribution in [0.5, 0.6) is 0 Å². The molecule has 9 heteroatoms. The van der Waals surface area contributed by atoms with Gasteiger partial charge in [0.25, 0.3) is 11.8 Å². The standard InChI is InChI=1S/C21H13F2N3O4/c22-11-8-9-17(15(23)10-11)25-16-7-3-6-14(16)18(24-25)21(29)30-26-19(27)12-4-1-2-5-13(12)20(26)28/h1-2,4-5,8-10H,3,6-7H2. The van der Waals surface area contributed by atoms with Crippen molar-refractivity contribution in [2.75, 3.05) is 0 Å². The molecule has 0 spiro atoms. The SMILES string of the molecule is O=C(ON1C(=O)c2ccccc2C1=O)c1nn(-c2ccc(F)cc2F)c2c1CCC2. The molecule has 1 aromatic heterocycles. The van der Waals surface area contributed by atoms with Crippen LogP contribution in [0.25, 0.3) is 5.69 Å². The van der Waals surface area contributed by atoms with E-state index in [4.69, 9.17) is 4.84 Å². The van der Waals surface area contributed by atoms with E-state index in [1.807, 2.05) is 0 Å². The Labute approximate surface area is 168 Å². The van der Waals surface area contributed by atoms with E-state index in [-0.39, 0.29) is 22.5 Å². The summed E-state index contributed by atoms with van der Waals surface area (Å²) in [5.41, 5.74) is 1.33. The van der Waals surface area contributed by atoms with Crippen LogP contribution in [-0.4, -0.2) is 32.6 Å². The summed E-state index contributed by atoms with van der Waals surface area (Å²) < 4.78 is 28.8. The van der Waals surface area contributed by atoms with Gasteiger partial charge in [-0.3, -0.25) is 9.59 Å². The molecular weight excluding hydrogens is 396 g/mol. The van der Waals surface area contributed by atoms with Crippen LogP contribution in [0.3, 0.4) is 0 Å². The van der Waals surface area contributed by atoms with E-state index in [1.165, 1.54) is 22.9 Å². The number of amides is 2. The zero-order chi connectivity index (χ0) is 21.0. The normalized spacial score (nSPS) is 14.8. The van der Waals surface area contributed by atoms with Gasteiger partial charge in [0.1, 0.15) is 11.5 Å². The van der Waals surface area contributed by atoms with Crippen molar-refractivity contribution in [3.8, 4) is 5.69 Å². The number of hydrogen-bond donors (Lipinski definition) is 0. The second-order valence-electron chi connectivity index (χ2n) is 6.96. The number of halogens is 2. The third-order valence-corrected chi connectivity index (χ3v) is 5.19. The van der Waals surface area contributed by atoms with Crippen molar-refractivity contribution >= 4 is 17.8 Å². The largest absolute Gasteiger partial charge is 0.384 e. The third-order valence-electron chi connectivity index (χ3n) is 5.19. The van der Waals surface area contributed by atoms with Crippen molar-refractivity contribution in [2.24, 2.45) is 0 Å². The quantitative estimate of drug-likeness (QED) is 0.622. The molecule has 3 aromatic rings. The van der Waals surface area contributed by atoms with Crippen LogP contribution in [-0.2, 0) is 17.7 Å². The van der Waals surface area contributed by atoms with Gasteiger partial charge in [-0.15, -0.1) is 0 Å². The second-order valence-corrected chi connectivity index (χ2v) is 6.96. The van der Waals surface area contributed by atoms with Crippen molar-refractivity contribution in [1.82, 2.24) is 14.8 Å². The number of hydrogen-bond acceptors (Lipinski definition) is 5. The molecule has 0 saturated carbocycles. The van der Waals surface area contributed by atoms with Crippen LogP contribution in [0.4, 0.5) is 8.78 Å². The molecule has 7 nitrogen and oxygen atoms in total. The van der Waals surface area contributed by atoms with Crippen molar-refractivity contribution in [3.05, 3.63) is 82.2 Å². The van der Waals surface area contributed by atoms with Gasteiger partial charge < -0.3 is 4.84 Å². The maximum absolute atomic E-state index is 14.3. The average Bonchev–Trinajstić information content (AvgIpc) is 3.39. The fraction of sp³-hybridized carbons (Fsp3) is 0.143. The Kier molecular flexibility index (Phi) is 3.99. The van der Waals surface area contributed by atoms with Crippen LogP contribution in [0, 0.1) is 11.6 Å². The van der Waals surface area contributed by atoms with E-state index in [0.29, 0.717) is 35.6 Å². The van der Waals surface area contributed by atoms with Gasteiger partial charge in [-0.2, -0.15) is 5.10 Å². The van der Waals surface area contributed by atoms with Crippen molar-refractivity contribution < 1.29 is 28.0 Å². The smallest absolute Gasteiger partial charge is 0.322 e. The monoisotopic (exact) mass is 409 g/mol. The molecule has 0 radical (unpaired) electrons. The highest BCUT2D eigenvalue weighted by Crippen LogP contribution is 2.30. The minimum absolute atomic E-state index is 0.00525. The van der Waals surface area contributed by atoms with Crippen LogP contribution < -0.4 is 0 Å². The summed E-state index contributed by atoms with van der Waals surface area (Å²) in [7, 11) is 0. The predicted octanol–water partition coefficient (Wildman–Crippen LogP) is 3.01. The molecule has 0 fully saturated rings. The molecule has 0 unspecified atom stereocenters. The van der Waals surface area contributed by atoms with Crippen LogP contribution in [0.2, 0.25) is 0 Å². The molecule has 0 bridgehead atoms. The number of nitrogens with zero attached hydrogens (tertiary/aromatic N) is 3. The Morgan fingerprint density at radius 1 is 1.00 bits per heavy atom. The van der Waals surface area contributed by atoms with Gasteiger partial charge in [-0.05, 0) is 43.5 Å². The zero-order valence-corrected chi connectivity index (χ0v) is 15.4. The van der Waals surface area contributed by atoms with E-state index in [1.54, 1.807) is 12.1 Å². The Morgan fingerprint density at radius 3 is 2.37 bits per heavy atom. The summed E-state index contributed by atoms with van der Waals surface area (Å²) in [5.74, 6) is -4.05. The van der Waals surface area contributed by atoms with Crippen molar-refractivity contribution in [2.45, 2.75) is 19.3 Å². The number of hydroxylamine groups is 2. The molecule has 0 atom stereocenters. The lowest BCUT2D eigenvalue weighted by Gasteiger charge is -2.12. The highest BCUT2D eigenvalue weighted by molar-refractivity contribution is 6.21. The van der Waals surface area contributed by atoms with Gasteiger partial charge in [-0.25, -0.2) is 18.3 Å². The first-order valence-corrected chi connectivity index (χ1v) is 9.22. The Morgan fingerprint density at radius 2 is 1.70 bits per heavy atom. The molecule has 5 rings (SSSR count).